The predicted molar refractivity (Wildman–Crippen MR) is 90.8 cm³/mol. The molecule has 2 aromatic carbocycles. The van der Waals surface area contributed by atoms with E-state index >= 15 is 0 Å². The van der Waals surface area contributed by atoms with Gasteiger partial charge in [0.05, 0.1) is 11.9 Å². The molecule has 5 nitrogen and oxygen atoms in total. The number of hydrogen-bond acceptors (Lipinski definition) is 3. The first-order valence-corrected chi connectivity index (χ1v) is 7.87. The molecule has 0 atom stereocenters. The molecule has 0 aliphatic carbocycles. The number of benzene rings is 2. The van der Waals surface area contributed by atoms with E-state index in [1.807, 2.05) is 0 Å². The molecule has 0 saturated heterocycles. The summed E-state index contributed by atoms with van der Waals surface area (Å²) >= 11 is 0. The molecule has 140 valence electrons. The van der Waals surface area contributed by atoms with Crippen molar-refractivity contribution in [1.29, 1.82) is 0 Å². The highest BCUT2D eigenvalue weighted by molar-refractivity contribution is 6.05. The Balaban J connectivity index is 2.20. The molecule has 0 bridgehead atoms. The standard InChI is InChI=1S/C19H14F3NO4/c1-9-12(7-17(25)26)13-6-16(24)14(20)8-15(13)23(9)19(27)11-4-2-10(3-5-11)18(21)22/h2-6,8,18,24H,7H2,1H3,(H,25,26). The van der Waals surface area contributed by atoms with Gasteiger partial charge in [0.1, 0.15) is 0 Å². The number of carboxylic acid groups (broad SMARTS) is 1. The number of hydrogen-bond donors (Lipinski definition) is 2. The average Bonchev–Trinajstić information content (AvgIpc) is 2.86. The highest BCUT2D eigenvalue weighted by Crippen LogP contribution is 2.32. The summed E-state index contributed by atoms with van der Waals surface area (Å²) in [6.07, 6.45) is -3.11. The Bertz CT molecular complexity index is 1060. The van der Waals surface area contributed by atoms with E-state index in [9.17, 15) is 27.9 Å². The van der Waals surface area contributed by atoms with Crippen LogP contribution in [0.4, 0.5) is 13.2 Å². The van der Waals surface area contributed by atoms with Crippen LogP contribution in [0, 0.1) is 12.7 Å². The largest absolute Gasteiger partial charge is 0.505 e. The summed E-state index contributed by atoms with van der Waals surface area (Å²) in [5.74, 6) is -3.42. The Morgan fingerprint density at radius 1 is 1.15 bits per heavy atom. The number of carbonyl (C=O) groups excluding carboxylic acids is 1. The Morgan fingerprint density at radius 2 is 1.78 bits per heavy atom. The van der Waals surface area contributed by atoms with Crippen LogP contribution in [0.5, 0.6) is 5.75 Å². The van der Waals surface area contributed by atoms with Gasteiger partial charge < -0.3 is 10.2 Å². The molecule has 0 spiro atoms. The monoisotopic (exact) mass is 377 g/mol. The minimum atomic E-state index is -2.68. The summed E-state index contributed by atoms with van der Waals surface area (Å²) in [7, 11) is 0. The molecule has 0 radical (unpaired) electrons. The molecule has 0 fully saturated rings. The van der Waals surface area contributed by atoms with Gasteiger partial charge in [-0.2, -0.15) is 0 Å². The highest BCUT2D eigenvalue weighted by Gasteiger charge is 2.23. The van der Waals surface area contributed by atoms with Crippen molar-refractivity contribution >= 4 is 22.8 Å². The fourth-order valence-corrected chi connectivity index (χ4v) is 3.02. The Labute approximate surface area is 151 Å². The number of fused-ring (bicyclic) bond motifs is 1. The molecule has 1 aromatic heterocycles. The SMILES string of the molecule is Cc1c(CC(=O)O)c2cc(O)c(F)cc2n1C(=O)c1ccc(C(F)F)cc1. The predicted octanol–water partition coefficient (Wildman–Crippen LogP) is 4.05. The fourth-order valence-electron chi connectivity index (χ4n) is 3.02. The number of phenols is 1. The van der Waals surface area contributed by atoms with Gasteiger partial charge in [0.25, 0.3) is 12.3 Å². The first-order chi connectivity index (χ1) is 12.7. The van der Waals surface area contributed by atoms with E-state index in [2.05, 4.69) is 0 Å². The number of rotatable bonds is 4. The lowest BCUT2D eigenvalue weighted by atomic mass is 10.1. The van der Waals surface area contributed by atoms with Crippen LogP contribution in [0.2, 0.25) is 0 Å². The molecule has 8 heteroatoms. The first kappa shape index (κ1) is 18.5. The van der Waals surface area contributed by atoms with Crippen molar-refractivity contribution < 1.29 is 33.0 Å². The number of carbonyl (C=O) groups is 2. The van der Waals surface area contributed by atoms with E-state index in [0.717, 1.165) is 28.8 Å². The Kier molecular flexibility index (Phi) is 4.65. The van der Waals surface area contributed by atoms with Gasteiger partial charge in [0.15, 0.2) is 11.6 Å². The number of aliphatic carboxylic acids is 1. The minimum Gasteiger partial charge on any atom is -0.505 e. The van der Waals surface area contributed by atoms with Gasteiger partial charge in [0.2, 0.25) is 0 Å². The summed E-state index contributed by atoms with van der Waals surface area (Å²) in [5, 5.41) is 19.0. The summed E-state index contributed by atoms with van der Waals surface area (Å²) in [6.45, 7) is 1.50. The van der Waals surface area contributed by atoms with E-state index in [-0.39, 0.29) is 33.3 Å². The van der Waals surface area contributed by atoms with Crippen LogP contribution in [0.1, 0.15) is 33.6 Å². The summed E-state index contributed by atoms with van der Waals surface area (Å²) in [5.41, 5.74) is 0.436. The van der Waals surface area contributed by atoms with Crippen molar-refractivity contribution in [2.75, 3.05) is 0 Å². The van der Waals surface area contributed by atoms with Crippen LogP contribution in [0.3, 0.4) is 0 Å². The van der Waals surface area contributed by atoms with E-state index in [1.54, 1.807) is 0 Å². The van der Waals surface area contributed by atoms with Crippen LogP contribution >= 0.6 is 0 Å². The molecule has 0 aliphatic heterocycles. The number of phenolic OH excluding ortho intramolecular Hbond substituents is 1. The van der Waals surface area contributed by atoms with Crippen molar-refractivity contribution in [2.24, 2.45) is 0 Å². The topological polar surface area (TPSA) is 79.5 Å². The maximum Gasteiger partial charge on any atom is 0.307 e. The zero-order valence-electron chi connectivity index (χ0n) is 14.0. The van der Waals surface area contributed by atoms with Crippen LogP contribution < -0.4 is 0 Å². The van der Waals surface area contributed by atoms with Gasteiger partial charge in [-0.1, -0.05) is 12.1 Å². The number of aromatic nitrogens is 1. The molecular formula is C19H14F3NO4. The van der Waals surface area contributed by atoms with Gasteiger partial charge in [-0.15, -0.1) is 0 Å². The molecular weight excluding hydrogens is 363 g/mol. The van der Waals surface area contributed by atoms with E-state index in [4.69, 9.17) is 5.11 Å². The third-order valence-corrected chi connectivity index (χ3v) is 4.34. The van der Waals surface area contributed by atoms with E-state index in [0.29, 0.717) is 0 Å². The minimum absolute atomic E-state index is 0.0785. The summed E-state index contributed by atoms with van der Waals surface area (Å²) < 4.78 is 40.4. The second-order valence-corrected chi connectivity index (χ2v) is 6.02. The normalized spacial score (nSPS) is 11.3. The molecule has 0 unspecified atom stereocenters. The third kappa shape index (κ3) is 3.25. The number of nitrogens with zero attached hydrogens (tertiary/aromatic N) is 1. The van der Waals surface area contributed by atoms with Crippen LogP contribution in [0.25, 0.3) is 10.9 Å². The zero-order chi connectivity index (χ0) is 19.9. The second kappa shape index (κ2) is 6.79. The van der Waals surface area contributed by atoms with Crippen molar-refractivity contribution in [1.82, 2.24) is 4.57 Å². The summed E-state index contributed by atoms with van der Waals surface area (Å²) in [4.78, 5) is 24.1. The van der Waals surface area contributed by atoms with E-state index < -0.39 is 36.3 Å². The maximum atomic E-state index is 13.9. The molecule has 3 aromatic rings. The van der Waals surface area contributed by atoms with Gasteiger partial charge in [-0.05, 0) is 30.7 Å². The molecule has 3 rings (SSSR count). The number of halogens is 3. The molecule has 0 aliphatic rings. The maximum absolute atomic E-state index is 13.9. The number of alkyl halides is 2. The molecule has 0 saturated carbocycles. The molecule has 0 amide bonds. The highest BCUT2D eigenvalue weighted by atomic mass is 19.3. The smallest absolute Gasteiger partial charge is 0.307 e. The number of aromatic hydroxyl groups is 1. The van der Waals surface area contributed by atoms with Crippen LogP contribution in [-0.2, 0) is 11.2 Å². The van der Waals surface area contributed by atoms with Crippen molar-refractivity contribution in [3.05, 3.63) is 64.6 Å². The van der Waals surface area contributed by atoms with Gasteiger partial charge >= 0.3 is 5.97 Å². The van der Waals surface area contributed by atoms with Crippen molar-refractivity contribution in [3.63, 3.8) is 0 Å². The lowest BCUT2D eigenvalue weighted by Gasteiger charge is -2.08. The average molecular weight is 377 g/mol. The summed E-state index contributed by atoms with van der Waals surface area (Å²) in [6, 6.07) is 6.69. The number of carboxylic acids is 1. The van der Waals surface area contributed by atoms with Crippen LogP contribution in [0.15, 0.2) is 36.4 Å². The first-order valence-electron chi connectivity index (χ1n) is 7.87. The second-order valence-electron chi connectivity index (χ2n) is 6.02. The lowest BCUT2D eigenvalue weighted by Crippen LogP contribution is -2.14. The zero-order valence-corrected chi connectivity index (χ0v) is 14.0. The fraction of sp³-hybridized carbons (Fsp3) is 0.158. The third-order valence-electron chi connectivity index (χ3n) is 4.34. The Morgan fingerprint density at radius 3 is 2.33 bits per heavy atom. The van der Waals surface area contributed by atoms with Gasteiger partial charge in [0, 0.05) is 28.3 Å². The quantitative estimate of drug-likeness (QED) is 0.719. The van der Waals surface area contributed by atoms with Gasteiger partial charge in [-0.3, -0.25) is 14.2 Å². The van der Waals surface area contributed by atoms with Crippen LogP contribution in [-0.4, -0.2) is 26.7 Å². The van der Waals surface area contributed by atoms with Gasteiger partial charge in [-0.25, -0.2) is 13.2 Å². The Hall–Kier alpha value is -3.29. The van der Waals surface area contributed by atoms with Crippen molar-refractivity contribution in [3.8, 4) is 5.75 Å². The van der Waals surface area contributed by atoms with Crippen molar-refractivity contribution in [2.45, 2.75) is 19.8 Å². The molecule has 27 heavy (non-hydrogen) atoms. The molecule has 2 N–H and O–H groups in total. The molecule has 1 heterocycles. The lowest BCUT2D eigenvalue weighted by molar-refractivity contribution is -0.136. The van der Waals surface area contributed by atoms with E-state index in [1.165, 1.54) is 19.1 Å².